The number of allylic oxidation sites excluding steroid dienone is 1. The number of fused-ring (bicyclic) bond motifs is 1. The van der Waals surface area contributed by atoms with Gasteiger partial charge in [0, 0.05) is 25.2 Å². The molecule has 1 amide bonds. The topological polar surface area (TPSA) is 75.7 Å². The van der Waals surface area contributed by atoms with Crippen LogP contribution in [0.15, 0.2) is 42.5 Å². The highest BCUT2D eigenvalue weighted by molar-refractivity contribution is 7.88. The molecule has 2 aromatic rings. The number of nitrogens with one attached hydrogen (secondary N) is 1. The third-order valence-corrected chi connectivity index (χ3v) is 6.26. The molecule has 0 aliphatic carbocycles. The molecule has 6 nitrogen and oxygen atoms in total. The number of hydrogen-bond acceptors (Lipinski definition) is 4. The summed E-state index contributed by atoms with van der Waals surface area (Å²) in [6.07, 6.45) is 7.28. The monoisotopic (exact) mass is 416 g/mol. The summed E-state index contributed by atoms with van der Waals surface area (Å²) < 4.78 is 30.4. The summed E-state index contributed by atoms with van der Waals surface area (Å²) in [6, 6.07) is 11.7. The zero-order valence-electron chi connectivity index (χ0n) is 16.9. The fourth-order valence-electron chi connectivity index (χ4n) is 3.40. The standard InChI is InChI=1S/C22H28N2O4S/c1-3-4-5-7-17-8-6-9-18-14-19(10-11-21(17)18)22(25)23-15-20-16-24(12-13-28-20)29(2,26)27/h5-11,14,20H,3-4,12-13,15-16H2,1-2H3,(H,23,25)/b7-5+. The number of nitrogens with zero attached hydrogens (tertiary/aromatic N) is 1. The Kier molecular flexibility index (Phi) is 7.05. The lowest BCUT2D eigenvalue weighted by molar-refractivity contribution is 0.000439. The van der Waals surface area contributed by atoms with E-state index in [4.69, 9.17) is 4.74 Å². The second-order valence-electron chi connectivity index (χ2n) is 7.30. The third-order valence-electron chi connectivity index (χ3n) is 4.99. The van der Waals surface area contributed by atoms with Gasteiger partial charge in [-0.05, 0) is 34.9 Å². The van der Waals surface area contributed by atoms with Crippen molar-refractivity contribution in [2.75, 3.05) is 32.5 Å². The zero-order valence-corrected chi connectivity index (χ0v) is 17.7. The van der Waals surface area contributed by atoms with Crippen molar-refractivity contribution in [2.24, 2.45) is 0 Å². The molecule has 29 heavy (non-hydrogen) atoms. The van der Waals surface area contributed by atoms with E-state index in [1.807, 2.05) is 30.3 Å². The van der Waals surface area contributed by atoms with E-state index in [2.05, 4.69) is 30.5 Å². The van der Waals surface area contributed by atoms with E-state index in [0.717, 1.165) is 29.2 Å². The molecule has 0 bridgehead atoms. The van der Waals surface area contributed by atoms with Crippen LogP contribution in [-0.2, 0) is 14.8 Å². The van der Waals surface area contributed by atoms with Gasteiger partial charge < -0.3 is 10.1 Å². The van der Waals surface area contributed by atoms with Gasteiger partial charge >= 0.3 is 0 Å². The molecule has 0 spiro atoms. The number of carbonyl (C=O) groups is 1. The molecule has 1 fully saturated rings. The van der Waals surface area contributed by atoms with Gasteiger partial charge in [0.15, 0.2) is 0 Å². The predicted octanol–water partition coefficient (Wildman–Crippen LogP) is 3.04. The average molecular weight is 417 g/mol. The molecule has 1 saturated heterocycles. The number of morpholine rings is 1. The van der Waals surface area contributed by atoms with E-state index in [-0.39, 0.29) is 25.1 Å². The van der Waals surface area contributed by atoms with Gasteiger partial charge in [-0.25, -0.2) is 8.42 Å². The SMILES string of the molecule is CCC/C=C/c1cccc2cc(C(=O)NCC3CN(S(C)(=O)=O)CCO3)ccc12. The van der Waals surface area contributed by atoms with Crippen LogP contribution in [0.3, 0.4) is 0 Å². The third kappa shape index (κ3) is 5.65. The molecule has 156 valence electrons. The minimum Gasteiger partial charge on any atom is -0.374 e. The van der Waals surface area contributed by atoms with Crippen LogP contribution in [-0.4, -0.2) is 57.2 Å². The molecular formula is C22H28N2O4S. The Balaban J connectivity index is 1.66. The summed E-state index contributed by atoms with van der Waals surface area (Å²) in [4.78, 5) is 12.6. The van der Waals surface area contributed by atoms with Crippen LogP contribution < -0.4 is 5.32 Å². The van der Waals surface area contributed by atoms with Gasteiger partial charge in [0.2, 0.25) is 10.0 Å². The summed E-state index contributed by atoms with van der Waals surface area (Å²) >= 11 is 0. The van der Waals surface area contributed by atoms with E-state index >= 15 is 0 Å². The largest absolute Gasteiger partial charge is 0.374 e. The van der Waals surface area contributed by atoms with Crippen LogP contribution in [0.5, 0.6) is 0 Å². The number of ether oxygens (including phenoxy) is 1. The average Bonchev–Trinajstić information content (AvgIpc) is 2.71. The smallest absolute Gasteiger partial charge is 0.251 e. The van der Waals surface area contributed by atoms with E-state index in [9.17, 15) is 13.2 Å². The molecule has 1 aliphatic heterocycles. The molecule has 0 aromatic heterocycles. The van der Waals surface area contributed by atoms with Crippen LogP contribution in [0.2, 0.25) is 0 Å². The molecular weight excluding hydrogens is 388 g/mol. The highest BCUT2D eigenvalue weighted by atomic mass is 32.2. The van der Waals surface area contributed by atoms with Crippen LogP contribution in [0.4, 0.5) is 0 Å². The Hall–Kier alpha value is -2.22. The Bertz CT molecular complexity index is 1000. The summed E-state index contributed by atoms with van der Waals surface area (Å²) in [6.45, 7) is 3.35. The Morgan fingerprint density at radius 3 is 2.90 bits per heavy atom. The lowest BCUT2D eigenvalue weighted by Crippen LogP contribution is -2.49. The number of rotatable bonds is 7. The van der Waals surface area contributed by atoms with Gasteiger partial charge in [0.05, 0.1) is 19.0 Å². The molecule has 1 unspecified atom stereocenters. The molecule has 3 rings (SSSR count). The number of hydrogen-bond donors (Lipinski definition) is 1. The van der Waals surface area contributed by atoms with Crippen molar-refractivity contribution in [1.82, 2.24) is 9.62 Å². The van der Waals surface area contributed by atoms with Gasteiger partial charge in [0.25, 0.3) is 5.91 Å². The fourth-order valence-corrected chi connectivity index (χ4v) is 4.24. The van der Waals surface area contributed by atoms with Crippen molar-refractivity contribution in [1.29, 1.82) is 0 Å². The number of carbonyl (C=O) groups excluding carboxylic acids is 1. The molecule has 1 N–H and O–H groups in total. The van der Waals surface area contributed by atoms with Crippen LogP contribution in [0.25, 0.3) is 16.8 Å². The Labute approximate surface area is 172 Å². The maximum atomic E-state index is 12.6. The number of amides is 1. The second kappa shape index (κ2) is 9.52. The van der Waals surface area contributed by atoms with E-state index in [1.165, 1.54) is 10.6 Å². The van der Waals surface area contributed by atoms with Gasteiger partial charge in [-0.2, -0.15) is 4.31 Å². The van der Waals surface area contributed by atoms with Gasteiger partial charge in [0.1, 0.15) is 0 Å². The highest BCUT2D eigenvalue weighted by Crippen LogP contribution is 2.22. The number of sulfonamides is 1. The van der Waals surface area contributed by atoms with Crippen molar-refractivity contribution in [3.63, 3.8) is 0 Å². The molecule has 0 saturated carbocycles. The van der Waals surface area contributed by atoms with Crippen molar-refractivity contribution in [3.8, 4) is 0 Å². The lowest BCUT2D eigenvalue weighted by atomic mass is 10.0. The summed E-state index contributed by atoms with van der Waals surface area (Å²) in [5.41, 5.74) is 1.71. The van der Waals surface area contributed by atoms with E-state index in [0.29, 0.717) is 18.7 Å². The minimum absolute atomic E-state index is 0.195. The van der Waals surface area contributed by atoms with Crippen molar-refractivity contribution < 1.29 is 17.9 Å². The first-order chi connectivity index (χ1) is 13.9. The normalized spacial score (nSPS) is 18.3. The molecule has 1 heterocycles. The minimum atomic E-state index is -3.25. The fraction of sp³-hybridized carbons (Fsp3) is 0.409. The van der Waals surface area contributed by atoms with Crippen molar-refractivity contribution in [3.05, 3.63) is 53.6 Å². The number of unbranched alkanes of at least 4 members (excludes halogenated alkanes) is 1. The predicted molar refractivity (Wildman–Crippen MR) is 116 cm³/mol. The second-order valence-corrected chi connectivity index (χ2v) is 9.28. The maximum Gasteiger partial charge on any atom is 0.251 e. The van der Waals surface area contributed by atoms with Crippen LogP contribution in [0.1, 0.15) is 35.7 Å². The summed E-state index contributed by atoms with van der Waals surface area (Å²) in [5, 5.41) is 4.98. The maximum absolute atomic E-state index is 12.6. The lowest BCUT2D eigenvalue weighted by Gasteiger charge is -2.31. The molecule has 2 aromatic carbocycles. The summed E-state index contributed by atoms with van der Waals surface area (Å²) in [5.74, 6) is -0.195. The summed E-state index contributed by atoms with van der Waals surface area (Å²) in [7, 11) is -3.25. The first-order valence-electron chi connectivity index (χ1n) is 9.92. The number of benzene rings is 2. The quantitative estimate of drug-likeness (QED) is 0.753. The van der Waals surface area contributed by atoms with Gasteiger partial charge in [-0.3, -0.25) is 4.79 Å². The van der Waals surface area contributed by atoms with E-state index < -0.39 is 10.0 Å². The van der Waals surface area contributed by atoms with Crippen LogP contribution in [0, 0.1) is 0 Å². The van der Waals surface area contributed by atoms with Gasteiger partial charge in [-0.1, -0.05) is 49.8 Å². The molecule has 1 aliphatic rings. The molecule has 1 atom stereocenters. The Morgan fingerprint density at radius 2 is 2.14 bits per heavy atom. The molecule has 7 heteroatoms. The van der Waals surface area contributed by atoms with Crippen molar-refractivity contribution in [2.45, 2.75) is 25.9 Å². The Morgan fingerprint density at radius 1 is 1.31 bits per heavy atom. The van der Waals surface area contributed by atoms with Crippen molar-refractivity contribution >= 4 is 32.8 Å². The first kappa shape index (κ1) is 21.5. The zero-order chi connectivity index (χ0) is 20.9. The highest BCUT2D eigenvalue weighted by Gasteiger charge is 2.26. The van der Waals surface area contributed by atoms with E-state index in [1.54, 1.807) is 0 Å². The first-order valence-corrected chi connectivity index (χ1v) is 11.8. The van der Waals surface area contributed by atoms with Gasteiger partial charge in [-0.15, -0.1) is 0 Å². The van der Waals surface area contributed by atoms with Crippen LogP contribution >= 0.6 is 0 Å². The molecule has 0 radical (unpaired) electrons.